The van der Waals surface area contributed by atoms with Crippen LogP contribution in [0.25, 0.3) is 22.2 Å². The number of benzene rings is 4. The van der Waals surface area contributed by atoms with Crippen molar-refractivity contribution in [1.82, 2.24) is 9.55 Å². The van der Waals surface area contributed by atoms with Gasteiger partial charge in [0.1, 0.15) is 35.5 Å². The molecule has 1 aromatic heterocycles. The Labute approximate surface area is 239 Å². The van der Waals surface area contributed by atoms with Crippen LogP contribution in [-0.4, -0.2) is 16.2 Å². The molecule has 204 valence electrons. The number of para-hydroxylation sites is 3. The van der Waals surface area contributed by atoms with Crippen molar-refractivity contribution in [3.63, 3.8) is 0 Å². The molecule has 0 spiro atoms. The number of anilines is 1. The molecule has 9 heteroatoms. The quantitative estimate of drug-likeness (QED) is 0.188. The Morgan fingerprint density at radius 2 is 1.61 bits per heavy atom. The monoisotopic (exact) mass is 567 g/mol. The number of hydrogen-bond donors (Lipinski definition) is 1. The molecule has 0 aliphatic heterocycles. The first-order chi connectivity index (χ1) is 20.0. The summed E-state index contributed by atoms with van der Waals surface area (Å²) in [6, 6.07) is 27.6. The molecule has 6 rings (SSSR count). The van der Waals surface area contributed by atoms with Crippen molar-refractivity contribution in [2.24, 2.45) is 0 Å². The van der Waals surface area contributed by atoms with Gasteiger partial charge in [-0.25, -0.2) is 9.37 Å². The maximum absolute atomic E-state index is 13.2. The van der Waals surface area contributed by atoms with E-state index < -0.39 is 10.9 Å². The highest BCUT2D eigenvalue weighted by Crippen LogP contribution is 2.37. The van der Waals surface area contributed by atoms with Crippen molar-refractivity contribution in [2.75, 3.05) is 11.9 Å². The van der Waals surface area contributed by atoms with Crippen molar-refractivity contribution in [3.05, 3.63) is 134 Å². The Hall–Kier alpha value is -4.95. The highest BCUT2D eigenvalue weighted by molar-refractivity contribution is 6.30. The third kappa shape index (κ3) is 5.42. The van der Waals surface area contributed by atoms with E-state index in [9.17, 15) is 14.0 Å². The molecule has 6 aromatic rings. The average Bonchev–Trinajstić information content (AvgIpc) is 3.34. The molecule has 0 saturated carbocycles. The zero-order valence-corrected chi connectivity index (χ0v) is 22.4. The second-order valence-electron chi connectivity index (χ2n) is 9.29. The number of rotatable bonds is 10. The topological polar surface area (TPSA) is 82.5 Å². The van der Waals surface area contributed by atoms with Gasteiger partial charge >= 0.3 is 0 Å². The molecule has 41 heavy (non-hydrogen) atoms. The van der Waals surface area contributed by atoms with E-state index in [-0.39, 0.29) is 23.6 Å². The molecule has 0 aliphatic carbocycles. The van der Waals surface area contributed by atoms with Gasteiger partial charge in [-0.05, 0) is 60.7 Å². The molecule has 0 saturated heterocycles. The lowest BCUT2D eigenvalue weighted by Crippen LogP contribution is -2.36. The van der Waals surface area contributed by atoms with E-state index in [0.717, 1.165) is 11.0 Å². The molecule has 0 fully saturated rings. The summed E-state index contributed by atoms with van der Waals surface area (Å²) in [7, 11) is 0. The van der Waals surface area contributed by atoms with Gasteiger partial charge in [0.15, 0.2) is 0 Å². The van der Waals surface area contributed by atoms with Crippen LogP contribution in [0.5, 0.6) is 17.2 Å². The maximum atomic E-state index is 13.2. The van der Waals surface area contributed by atoms with Crippen LogP contribution in [-0.2, 0) is 13.1 Å². The fraction of sp³-hybridized carbons (Fsp3) is 0.0938. The summed E-state index contributed by atoms with van der Waals surface area (Å²) < 4.78 is 27.1. The largest absolute Gasteiger partial charge is 0.492 e. The number of imidazole rings is 1. The van der Waals surface area contributed by atoms with E-state index in [2.05, 4.69) is 5.32 Å². The van der Waals surface area contributed by atoms with Crippen LogP contribution in [0.3, 0.4) is 0 Å². The van der Waals surface area contributed by atoms with Crippen LogP contribution in [0.2, 0.25) is 5.02 Å². The summed E-state index contributed by atoms with van der Waals surface area (Å²) in [4.78, 5) is 30.2. The van der Waals surface area contributed by atoms with E-state index in [1.165, 1.54) is 12.1 Å². The van der Waals surface area contributed by atoms with Gasteiger partial charge in [0.2, 0.25) is 10.9 Å². The summed E-state index contributed by atoms with van der Waals surface area (Å²) in [5.41, 5.74) is 1.36. The van der Waals surface area contributed by atoms with E-state index in [0.29, 0.717) is 46.8 Å². The lowest BCUT2D eigenvalue weighted by Gasteiger charge is -2.17. The fourth-order valence-electron chi connectivity index (χ4n) is 4.68. The Morgan fingerprint density at radius 1 is 0.854 bits per heavy atom. The van der Waals surface area contributed by atoms with Gasteiger partial charge in [0.05, 0.1) is 35.4 Å². The van der Waals surface area contributed by atoms with Gasteiger partial charge in [-0.1, -0.05) is 41.9 Å². The fourth-order valence-corrected chi connectivity index (χ4v) is 4.84. The van der Waals surface area contributed by atoms with E-state index in [4.69, 9.17) is 26.1 Å². The van der Waals surface area contributed by atoms with Crippen LogP contribution in [0, 0.1) is 5.82 Å². The molecule has 0 amide bonds. The summed E-state index contributed by atoms with van der Waals surface area (Å²) in [6.45, 7) is 0.959. The SMILES string of the molecule is O=c1c(NCc2nc3ccccc3n2CCOc2ccc(F)cc2)c(-c2ccc(Cl)cc2Oc2ccccc2)c1=O. The van der Waals surface area contributed by atoms with Gasteiger partial charge < -0.3 is 19.4 Å². The minimum Gasteiger partial charge on any atom is -0.492 e. The molecule has 0 aliphatic rings. The van der Waals surface area contributed by atoms with Crippen LogP contribution in [0.1, 0.15) is 5.82 Å². The highest BCUT2D eigenvalue weighted by Gasteiger charge is 2.26. The summed E-state index contributed by atoms with van der Waals surface area (Å²) in [5.74, 6) is 1.82. The first-order valence-corrected chi connectivity index (χ1v) is 13.3. The third-order valence-corrected chi connectivity index (χ3v) is 6.88. The second kappa shape index (κ2) is 11.3. The minimum absolute atomic E-state index is 0.186. The van der Waals surface area contributed by atoms with Gasteiger partial charge in [0, 0.05) is 16.7 Å². The van der Waals surface area contributed by atoms with Gasteiger partial charge in [-0.2, -0.15) is 0 Å². The standard InChI is InChI=1S/C32H23ClFN3O4/c33-20-10-15-24(27(18-20)41-23-6-2-1-3-7-23)29-30(32(39)31(29)38)35-19-28-36-25-8-4-5-9-26(25)37(28)16-17-40-22-13-11-21(34)12-14-22/h1-15,18,35H,16-17,19H2. The van der Waals surface area contributed by atoms with Gasteiger partial charge in [-0.3, -0.25) is 9.59 Å². The molecule has 0 radical (unpaired) electrons. The van der Waals surface area contributed by atoms with E-state index in [1.807, 2.05) is 47.0 Å². The number of aromatic nitrogens is 2. The van der Waals surface area contributed by atoms with Crippen molar-refractivity contribution in [3.8, 4) is 28.4 Å². The smallest absolute Gasteiger partial charge is 0.250 e. The van der Waals surface area contributed by atoms with Crippen molar-refractivity contribution in [1.29, 1.82) is 0 Å². The Balaban J connectivity index is 1.26. The molecule has 0 bridgehead atoms. The lowest BCUT2D eigenvalue weighted by atomic mass is 9.97. The summed E-state index contributed by atoms with van der Waals surface area (Å²) >= 11 is 6.23. The van der Waals surface area contributed by atoms with E-state index in [1.54, 1.807) is 42.5 Å². The third-order valence-electron chi connectivity index (χ3n) is 6.65. The zero-order chi connectivity index (χ0) is 28.3. The first-order valence-electron chi connectivity index (χ1n) is 12.9. The average molecular weight is 568 g/mol. The molecule has 1 heterocycles. The van der Waals surface area contributed by atoms with Crippen molar-refractivity contribution in [2.45, 2.75) is 13.1 Å². The molecule has 7 nitrogen and oxygen atoms in total. The van der Waals surface area contributed by atoms with Crippen LogP contribution in [0.4, 0.5) is 10.1 Å². The summed E-state index contributed by atoms with van der Waals surface area (Å²) in [6.07, 6.45) is 0. The number of fused-ring (bicyclic) bond motifs is 1. The minimum atomic E-state index is -0.608. The molecule has 0 atom stereocenters. The highest BCUT2D eigenvalue weighted by atomic mass is 35.5. The van der Waals surface area contributed by atoms with Gasteiger partial charge in [0.25, 0.3) is 0 Å². The normalized spacial score (nSPS) is 11.2. The van der Waals surface area contributed by atoms with E-state index >= 15 is 0 Å². The number of nitrogens with one attached hydrogen (secondary N) is 1. The number of nitrogens with zero attached hydrogens (tertiary/aromatic N) is 2. The number of halogens is 2. The van der Waals surface area contributed by atoms with Crippen molar-refractivity contribution >= 4 is 28.3 Å². The number of ether oxygens (including phenoxy) is 2. The van der Waals surface area contributed by atoms with Crippen molar-refractivity contribution < 1.29 is 13.9 Å². The lowest BCUT2D eigenvalue weighted by molar-refractivity contribution is 0.298. The Bertz CT molecular complexity index is 1910. The van der Waals surface area contributed by atoms with Gasteiger partial charge in [-0.15, -0.1) is 0 Å². The zero-order valence-electron chi connectivity index (χ0n) is 21.6. The predicted molar refractivity (Wildman–Crippen MR) is 157 cm³/mol. The summed E-state index contributed by atoms with van der Waals surface area (Å²) in [5, 5.41) is 3.58. The molecular formula is C32H23ClFN3O4. The molecule has 1 N–H and O–H groups in total. The van der Waals surface area contributed by atoms with Crippen LogP contribution < -0.4 is 25.6 Å². The number of hydrogen-bond acceptors (Lipinski definition) is 6. The van der Waals surface area contributed by atoms with Crippen LogP contribution >= 0.6 is 11.6 Å². The second-order valence-corrected chi connectivity index (χ2v) is 9.72. The van der Waals surface area contributed by atoms with Crippen LogP contribution in [0.15, 0.2) is 107 Å². The maximum Gasteiger partial charge on any atom is 0.250 e. The predicted octanol–water partition coefficient (Wildman–Crippen LogP) is 6.58. The molecule has 0 unspecified atom stereocenters. The molecule has 5 aromatic carbocycles. The Morgan fingerprint density at radius 3 is 2.41 bits per heavy atom. The first kappa shape index (κ1) is 26.3. The Kier molecular flexibility index (Phi) is 7.22. The molecular weight excluding hydrogens is 545 g/mol.